The van der Waals surface area contributed by atoms with Gasteiger partial charge >= 0.3 is 0 Å². The first-order chi connectivity index (χ1) is 10.2. The summed E-state index contributed by atoms with van der Waals surface area (Å²) < 4.78 is 0. The van der Waals surface area contributed by atoms with E-state index in [9.17, 15) is 0 Å². The van der Waals surface area contributed by atoms with Crippen LogP contribution in [-0.2, 0) is 13.1 Å². The minimum atomic E-state index is 0.354. The summed E-state index contributed by atoms with van der Waals surface area (Å²) in [6.45, 7) is 10.7. The molecule has 0 spiro atoms. The zero-order chi connectivity index (χ0) is 15.1. The summed E-state index contributed by atoms with van der Waals surface area (Å²) in [5.74, 6) is 0. The van der Waals surface area contributed by atoms with Crippen molar-refractivity contribution < 1.29 is 0 Å². The molecule has 1 heterocycles. The zero-order valence-electron chi connectivity index (χ0n) is 13.2. The monoisotopic (exact) mass is 303 g/mol. The van der Waals surface area contributed by atoms with E-state index >= 15 is 0 Å². The van der Waals surface area contributed by atoms with Crippen LogP contribution in [-0.4, -0.2) is 23.0 Å². The van der Waals surface area contributed by atoms with E-state index in [4.69, 9.17) is 0 Å². The molecule has 1 atom stereocenters. The molecule has 2 rings (SSSR count). The lowest BCUT2D eigenvalue weighted by Crippen LogP contribution is -2.22. The van der Waals surface area contributed by atoms with Crippen molar-refractivity contribution in [3.8, 4) is 0 Å². The fourth-order valence-electron chi connectivity index (χ4n) is 2.28. The highest BCUT2D eigenvalue weighted by Gasteiger charge is 2.06. The highest BCUT2D eigenvalue weighted by atomic mass is 32.1. The Balaban J connectivity index is 1.85. The van der Waals surface area contributed by atoms with Crippen LogP contribution in [0, 0.1) is 0 Å². The number of nitrogens with one attached hydrogen (secondary N) is 1. The first kappa shape index (κ1) is 16.1. The number of hydrogen-bond donors (Lipinski definition) is 1. The maximum absolute atomic E-state index is 4.13. The van der Waals surface area contributed by atoms with Crippen LogP contribution in [0.2, 0.25) is 0 Å². The van der Waals surface area contributed by atoms with Crippen molar-refractivity contribution in [2.75, 3.05) is 13.1 Å². The number of hydrogen-bond acceptors (Lipinski definition) is 4. The highest BCUT2D eigenvalue weighted by molar-refractivity contribution is 7.09. The minimum absolute atomic E-state index is 0.354. The average molecular weight is 303 g/mol. The summed E-state index contributed by atoms with van der Waals surface area (Å²) in [5.41, 5.74) is 4.60. The summed E-state index contributed by atoms with van der Waals surface area (Å²) >= 11 is 1.70. The van der Waals surface area contributed by atoms with Crippen molar-refractivity contribution in [2.45, 2.75) is 39.9 Å². The molecule has 0 saturated heterocycles. The van der Waals surface area contributed by atoms with E-state index in [1.807, 2.05) is 11.7 Å². The molecule has 0 aliphatic rings. The molecule has 0 amide bonds. The first-order valence-electron chi connectivity index (χ1n) is 7.64. The maximum Gasteiger partial charge on any atom is 0.0794 e. The van der Waals surface area contributed by atoms with Gasteiger partial charge in [0.1, 0.15) is 0 Å². The molecule has 1 aromatic carbocycles. The highest BCUT2D eigenvalue weighted by Crippen LogP contribution is 2.17. The molecule has 2 aromatic rings. The fourth-order valence-corrected chi connectivity index (χ4v) is 2.93. The van der Waals surface area contributed by atoms with Gasteiger partial charge in [-0.3, -0.25) is 9.88 Å². The summed E-state index contributed by atoms with van der Waals surface area (Å²) in [4.78, 5) is 7.84. The van der Waals surface area contributed by atoms with Crippen LogP contribution < -0.4 is 5.32 Å². The molecule has 114 valence electrons. The molecule has 3 nitrogen and oxygen atoms in total. The number of aromatic nitrogens is 1. The van der Waals surface area contributed by atoms with E-state index in [2.05, 4.69) is 60.2 Å². The predicted molar refractivity (Wildman–Crippen MR) is 90.4 cm³/mol. The van der Waals surface area contributed by atoms with Crippen LogP contribution >= 0.6 is 11.3 Å². The van der Waals surface area contributed by atoms with Crippen LogP contribution in [0.4, 0.5) is 0 Å². The van der Waals surface area contributed by atoms with Gasteiger partial charge in [-0.1, -0.05) is 38.1 Å². The standard InChI is InChI=1S/C17H25N3S/c1-4-20(5-2)12-16-8-6-15(7-9-16)10-19-14(3)17-11-18-13-21-17/h6-9,11,13-14,19H,4-5,10,12H2,1-3H3. The second-order valence-electron chi connectivity index (χ2n) is 5.28. The Bertz CT molecular complexity index is 503. The van der Waals surface area contributed by atoms with E-state index in [-0.39, 0.29) is 0 Å². The Labute approximate surface area is 132 Å². The smallest absolute Gasteiger partial charge is 0.0794 e. The quantitative estimate of drug-likeness (QED) is 0.803. The summed E-state index contributed by atoms with van der Waals surface area (Å²) in [6.07, 6.45) is 1.94. The largest absolute Gasteiger partial charge is 0.305 e. The summed E-state index contributed by atoms with van der Waals surface area (Å²) in [7, 11) is 0. The molecular weight excluding hydrogens is 278 g/mol. The Morgan fingerprint density at radius 2 is 1.81 bits per heavy atom. The number of benzene rings is 1. The van der Waals surface area contributed by atoms with Crippen molar-refractivity contribution in [1.82, 2.24) is 15.2 Å². The van der Waals surface area contributed by atoms with Crippen molar-refractivity contribution in [3.05, 3.63) is 52.0 Å². The molecule has 21 heavy (non-hydrogen) atoms. The molecule has 0 aliphatic carbocycles. The van der Waals surface area contributed by atoms with Gasteiger partial charge in [-0.05, 0) is 31.1 Å². The lowest BCUT2D eigenvalue weighted by Gasteiger charge is -2.18. The Morgan fingerprint density at radius 3 is 2.38 bits per heavy atom. The Kier molecular flexibility index (Phi) is 6.36. The van der Waals surface area contributed by atoms with Gasteiger partial charge in [0.25, 0.3) is 0 Å². The van der Waals surface area contributed by atoms with Gasteiger partial charge < -0.3 is 5.32 Å². The van der Waals surface area contributed by atoms with Crippen molar-refractivity contribution in [2.24, 2.45) is 0 Å². The van der Waals surface area contributed by atoms with Crippen LogP contribution in [0.15, 0.2) is 36.0 Å². The molecular formula is C17H25N3S. The van der Waals surface area contributed by atoms with Gasteiger partial charge in [-0.25, -0.2) is 0 Å². The van der Waals surface area contributed by atoms with E-state index in [0.29, 0.717) is 6.04 Å². The average Bonchev–Trinajstić information content (AvgIpc) is 3.06. The topological polar surface area (TPSA) is 28.2 Å². The Morgan fingerprint density at radius 1 is 1.14 bits per heavy atom. The van der Waals surface area contributed by atoms with Crippen LogP contribution in [0.3, 0.4) is 0 Å². The van der Waals surface area contributed by atoms with E-state index in [1.165, 1.54) is 16.0 Å². The minimum Gasteiger partial charge on any atom is -0.305 e. The second-order valence-corrected chi connectivity index (χ2v) is 6.20. The molecule has 1 unspecified atom stereocenters. The van der Waals surface area contributed by atoms with Crippen molar-refractivity contribution in [1.29, 1.82) is 0 Å². The molecule has 1 N–H and O–H groups in total. The van der Waals surface area contributed by atoms with E-state index in [0.717, 1.165) is 26.2 Å². The number of nitrogens with zero attached hydrogens (tertiary/aromatic N) is 2. The molecule has 1 aromatic heterocycles. The van der Waals surface area contributed by atoms with Crippen molar-refractivity contribution >= 4 is 11.3 Å². The van der Waals surface area contributed by atoms with Crippen LogP contribution in [0.1, 0.15) is 42.8 Å². The molecule has 0 bridgehead atoms. The molecule has 4 heteroatoms. The lowest BCUT2D eigenvalue weighted by molar-refractivity contribution is 0.296. The number of thiazole rings is 1. The van der Waals surface area contributed by atoms with Crippen molar-refractivity contribution in [3.63, 3.8) is 0 Å². The van der Waals surface area contributed by atoms with Gasteiger partial charge in [0, 0.05) is 30.2 Å². The van der Waals surface area contributed by atoms with Gasteiger partial charge in [0.05, 0.1) is 5.51 Å². The van der Waals surface area contributed by atoms with E-state index < -0.39 is 0 Å². The normalized spacial score (nSPS) is 12.8. The predicted octanol–water partition coefficient (Wildman–Crippen LogP) is 3.84. The van der Waals surface area contributed by atoms with Gasteiger partial charge in [0.15, 0.2) is 0 Å². The summed E-state index contributed by atoms with van der Waals surface area (Å²) in [5, 5.41) is 3.54. The lowest BCUT2D eigenvalue weighted by atomic mass is 10.1. The molecule has 0 aliphatic heterocycles. The molecule has 0 saturated carbocycles. The first-order valence-corrected chi connectivity index (χ1v) is 8.52. The maximum atomic E-state index is 4.13. The number of rotatable bonds is 8. The Hall–Kier alpha value is -1.23. The van der Waals surface area contributed by atoms with Crippen LogP contribution in [0.5, 0.6) is 0 Å². The zero-order valence-corrected chi connectivity index (χ0v) is 14.0. The summed E-state index contributed by atoms with van der Waals surface area (Å²) in [6, 6.07) is 9.29. The third kappa shape index (κ3) is 4.92. The van der Waals surface area contributed by atoms with Gasteiger partial charge in [0.2, 0.25) is 0 Å². The second kappa shape index (κ2) is 8.27. The molecule has 0 radical (unpaired) electrons. The third-order valence-corrected chi connectivity index (χ3v) is 4.77. The van der Waals surface area contributed by atoms with Crippen LogP contribution in [0.25, 0.3) is 0 Å². The SMILES string of the molecule is CCN(CC)Cc1ccc(CNC(C)c2cncs2)cc1. The third-order valence-electron chi connectivity index (χ3n) is 3.81. The van der Waals surface area contributed by atoms with E-state index in [1.54, 1.807) is 11.3 Å². The fraction of sp³-hybridized carbons (Fsp3) is 0.471. The van der Waals surface area contributed by atoms with Gasteiger partial charge in [-0.15, -0.1) is 11.3 Å². The molecule has 0 fully saturated rings. The van der Waals surface area contributed by atoms with Gasteiger partial charge in [-0.2, -0.15) is 0 Å².